The van der Waals surface area contributed by atoms with Crippen molar-refractivity contribution in [3.63, 3.8) is 0 Å². The number of hydrogen-bond acceptors (Lipinski definition) is 3. The number of nitrogens with two attached hydrogens (primary N) is 1. The first-order chi connectivity index (χ1) is 9.27. The molecule has 4 unspecified atom stereocenters. The lowest BCUT2D eigenvalue weighted by Crippen LogP contribution is -2.58. The first-order valence-corrected chi connectivity index (χ1v) is 8.34. The normalized spacial score (nSPS) is 43.6. The van der Waals surface area contributed by atoms with Crippen LogP contribution >= 0.6 is 0 Å². The van der Waals surface area contributed by atoms with Gasteiger partial charge in [0.05, 0.1) is 6.10 Å². The fraction of sp³-hybridized carbons (Fsp3) is 1.00. The fourth-order valence-electron chi connectivity index (χ4n) is 4.73. The quantitative estimate of drug-likeness (QED) is 0.849. The molecule has 2 aliphatic heterocycles. The summed E-state index contributed by atoms with van der Waals surface area (Å²) in [6.45, 7) is 6.59. The Morgan fingerprint density at radius 2 is 2.00 bits per heavy atom. The molecule has 2 saturated heterocycles. The monoisotopic (exact) mass is 266 g/mol. The smallest absolute Gasteiger partial charge is 0.0593 e. The van der Waals surface area contributed by atoms with Gasteiger partial charge >= 0.3 is 0 Å². The second-order valence-electron chi connectivity index (χ2n) is 7.02. The molecule has 19 heavy (non-hydrogen) atoms. The van der Waals surface area contributed by atoms with Gasteiger partial charge in [-0.05, 0) is 43.9 Å². The van der Waals surface area contributed by atoms with Crippen molar-refractivity contribution in [3.8, 4) is 0 Å². The summed E-state index contributed by atoms with van der Waals surface area (Å²) >= 11 is 0. The summed E-state index contributed by atoms with van der Waals surface area (Å²) in [6, 6.07) is 0. The minimum absolute atomic E-state index is 0.252. The van der Waals surface area contributed by atoms with Gasteiger partial charge in [0.2, 0.25) is 0 Å². The van der Waals surface area contributed by atoms with Crippen LogP contribution < -0.4 is 5.73 Å². The molecule has 4 atom stereocenters. The molecule has 0 spiro atoms. The van der Waals surface area contributed by atoms with Gasteiger partial charge < -0.3 is 10.5 Å². The van der Waals surface area contributed by atoms with Gasteiger partial charge in [0.25, 0.3) is 0 Å². The van der Waals surface area contributed by atoms with Crippen molar-refractivity contribution < 1.29 is 4.74 Å². The van der Waals surface area contributed by atoms with Gasteiger partial charge in [-0.15, -0.1) is 0 Å². The maximum Gasteiger partial charge on any atom is 0.0593 e. The molecule has 1 saturated carbocycles. The Morgan fingerprint density at radius 1 is 1.26 bits per heavy atom. The van der Waals surface area contributed by atoms with Crippen LogP contribution in [0.25, 0.3) is 0 Å². The number of hydrogen-bond donors (Lipinski definition) is 1. The average Bonchev–Trinajstić information content (AvgIpc) is 3.00. The Kier molecular flexibility index (Phi) is 4.16. The molecule has 3 heteroatoms. The van der Waals surface area contributed by atoms with E-state index in [2.05, 4.69) is 11.8 Å². The van der Waals surface area contributed by atoms with Crippen LogP contribution in [-0.4, -0.2) is 42.8 Å². The van der Waals surface area contributed by atoms with Crippen molar-refractivity contribution in [2.24, 2.45) is 17.6 Å². The van der Waals surface area contributed by atoms with E-state index in [1.54, 1.807) is 0 Å². The Bertz CT molecular complexity index is 295. The highest BCUT2D eigenvalue weighted by Crippen LogP contribution is 2.43. The van der Waals surface area contributed by atoms with Crippen molar-refractivity contribution in [2.75, 3.05) is 26.2 Å². The molecule has 2 heterocycles. The van der Waals surface area contributed by atoms with E-state index in [4.69, 9.17) is 10.5 Å². The molecule has 0 bridgehead atoms. The third-order valence-electron chi connectivity index (χ3n) is 5.92. The topological polar surface area (TPSA) is 38.5 Å². The zero-order valence-corrected chi connectivity index (χ0v) is 12.4. The van der Waals surface area contributed by atoms with Crippen molar-refractivity contribution in [3.05, 3.63) is 0 Å². The molecular weight excluding hydrogens is 236 g/mol. The standard InChI is InChI=1S/C16H30N2O/c1-2-4-15-9-16(12-17,7-8-19-15)18-10-13-5-3-6-14(13)11-18/h13-15H,2-12,17H2,1H3. The maximum atomic E-state index is 6.23. The largest absolute Gasteiger partial charge is 0.378 e. The number of likely N-dealkylation sites (tertiary alicyclic amines) is 1. The van der Waals surface area contributed by atoms with E-state index in [1.165, 1.54) is 45.2 Å². The van der Waals surface area contributed by atoms with Gasteiger partial charge in [-0.25, -0.2) is 0 Å². The van der Waals surface area contributed by atoms with Crippen molar-refractivity contribution in [2.45, 2.75) is 63.5 Å². The molecular formula is C16H30N2O. The molecule has 3 fully saturated rings. The Morgan fingerprint density at radius 3 is 2.63 bits per heavy atom. The molecule has 1 aliphatic carbocycles. The lowest BCUT2D eigenvalue weighted by Gasteiger charge is -2.47. The zero-order chi connectivity index (χ0) is 13.3. The van der Waals surface area contributed by atoms with E-state index in [9.17, 15) is 0 Å². The summed E-state index contributed by atoms with van der Waals surface area (Å²) in [4.78, 5) is 2.76. The highest BCUT2D eigenvalue weighted by atomic mass is 16.5. The lowest BCUT2D eigenvalue weighted by atomic mass is 9.83. The van der Waals surface area contributed by atoms with Crippen LogP contribution in [0.5, 0.6) is 0 Å². The number of fused-ring (bicyclic) bond motifs is 1. The predicted octanol–water partition coefficient (Wildman–Crippen LogP) is 2.39. The minimum Gasteiger partial charge on any atom is -0.378 e. The summed E-state index contributed by atoms with van der Waals surface area (Å²) in [5, 5.41) is 0. The van der Waals surface area contributed by atoms with Crippen molar-refractivity contribution >= 4 is 0 Å². The minimum atomic E-state index is 0.252. The summed E-state index contributed by atoms with van der Waals surface area (Å²) < 4.78 is 5.95. The van der Waals surface area contributed by atoms with Gasteiger partial charge in [0, 0.05) is 31.8 Å². The SMILES string of the molecule is CCCC1CC(CN)(N2CC3CCCC3C2)CCO1. The van der Waals surface area contributed by atoms with Crippen LogP contribution in [0.4, 0.5) is 0 Å². The van der Waals surface area contributed by atoms with E-state index >= 15 is 0 Å². The van der Waals surface area contributed by atoms with Crippen LogP contribution in [0.3, 0.4) is 0 Å². The van der Waals surface area contributed by atoms with Gasteiger partial charge in [-0.3, -0.25) is 4.90 Å². The van der Waals surface area contributed by atoms with Crippen LogP contribution in [0.15, 0.2) is 0 Å². The Balaban J connectivity index is 1.68. The molecule has 2 N–H and O–H groups in total. The van der Waals surface area contributed by atoms with Crippen LogP contribution in [0.2, 0.25) is 0 Å². The molecule has 3 rings (SSSR count). The first-order valence-electron chi connectivity index (χ1n) is 8.34. The lowest BCUT2D eigenvalue weighted by molar-refractivity contribution is -0.0696. The van der Waals surface area contributed by atoms with Gasteiger partial charge in [-0.1, -0.05) is 19.8 Å². The third kappa shape index (κ3) is 2.57. The van der Waals surface area contributed by atoms with E-state index in [0.717, 1.165) is 37.8 Å². The van der Waals surface area contributed by atoms with Crippen molar-refractivity contribution in [1.82, 2.24) is 4.90 Å². The molecule has 0 aromatic heterocycles. The second-order valence-corrected chi connectivity index (χ2v) is 7.02. The summed E-state index contributed by atoms with van der Waals surface area (Å²) in [5.41, 5.74) is 6.48. The van der Waals surface area contributed by atoms with Gasteiger partial charge in [0.1, 0.15) is 0 Å². The van der Waals surface area contributed by atoms with Crippen LogP contribution in [-0.2, 0) is 4.74 Å². The summed E-state index contributed by atoms with van der Waals surface area (Å²) in [6.07, 6.45) is 9.54. The fourth-order valence-corrected chi connectivity index (χ4v) is 4.73. The van der Waals surface area contributed by atoms with Crippen LogP contribution in [0, 0.1) is 11.8 Å². The highest BCUT2D eigenvalue weighted by Gasteiger charge is 2.47. The van der Waals surface area contributed by atoms with E-state index in [-0.39, 0.29) is 5.54 Å². The highest BCUT2D eigenvalue weighted by molar-refractivity contribution is 5.02. The molecule has 0 amide bonds. The first kappa shape index (κ1) is 13.8. The van der Waals surface area contributed by atoms with E-state index in [0.29, 0.717) is 6.10 Å². The van der Waals surface area contributed by atoms with Crippen molar-refractivity contribution in [1.29, 1.82) is 0 Å². The molecule has 3 aliphatic rings. The Hall–Kier alpha value is -0.120. The predicted molar refractivity (Wildman–Crippen MR) is 78.1 cm³/mol. The molecule has 110 valence electrons. The van der Waals surface area contributed by atoms with Gasteiger partial charge in [0.15, 0.2) is 0 Å². The number of nitrogens with zero attached hydrogens (tertiary/aromatic N) is 1. The zero-order valence-electron chi connectivity index (χ0n) is 12.4. The molecule has 3 nitrogen and oxygen atoms in total. The number of rotatable bonds is 4. The Labute approximate surface area is 117 Å². The summed E-state index contributed by atoms with van der Waals surface area (Å²) in [7, 11) is 0. The molecule has 0 aromatic carbocycles. The molecule has 0 aromatic rings. The van der Waals surface area contributed by atoms with Gasteiger partial charge in [-0.2, -0.15) is 0 Å². The van der Waals surface area contributed by atoms with E-state index in [1.807, 2.05) is 0 Å². The summed E-state index contributed by atoms with van der Waals surface area (Å²) in [5.74, 6) is 1.94. The average molecular weight is 266 g/mol. The molecule has 0 radical (unpaired) electrons. The third-order valence-corrected chi connectivity index (χ3v) is 5.92. The number of ether oxygens (including phenoxy) is 1. The second kappa shape index (κ2) is 5.71. The van der Waals surface area contributed by atoms with E-state index < -0.39 is 0 Å². The van der Waals surface area contributed by atoms with Crippen LogP contribution in [0.1, 0.15) is 51.9 Å². The maximum absolute atomic E-state index is 6.23.